The number of amides is 1. The van der Waals surface area contributed by atoms with Gasteiger partial charge < -0.3 is 19.7 Å². The van der Waals surface area contributed by atoms with Gasteiger partial charge in [0.1, 0.15) is 12.2 Å². The van der Waals surface area contributed by atoms with Gasteiger partial charge in [0.25, 0.3) is 0 Å². The number of rotatable bonds is 4. The lowest BCUT2D eigenvalue weighted by molar-refractivity contribution is -0.136. The molecular formula is C13H25N3O3. The van der Waals surface area contributed by atoms with Crippen molar-refractivity contribution in [3.05, 3.63) is 0 Å². The van der Waals surface area contributed by atoms with Crippen LogP contribution in [0.5, 0.6) is 0 Å². The molecule has 6 heteroatoms. The first-order chi connectivity index (χ1) is 9.17. The normalized spacial score (nSPS) is 30.6. The maximum Gasteiger partial charge on any atom is 0.239 e. The lowest BCUT2D eigenvalue weighted by Gasteiger charge is -2.33. The molecule has 2 aliphatic rings. The molecule has 2 heterocycles. The van der Waals surface area contributed by atoms with Crippen LogP contribution in [0.25, 0.3) is 0 Å². The average molecular weight is 271 g/mol. The molecule has 0 aromatic rings. The Hall–Kier alpha value is -0.690. The lowest BCUT2D eigenvalue weighted by atomic mass is 10.2. The molecule has 2 aliphatic heterocycles. The van der Waals surface area contributed by atoms with Crippen molar-refractivity contribution in [2.45, 2.75) is 25.2 Å². The van der Waals surface area contributed by atoms with E-state index in [1.54, 1.807) is 14.2 Å². The predicted molar refractivity (Wildman–Crippen MR) is 72.1 cm³/mol. The number of likely N-dealkylation sites (tertiary alicyclic amines) is 1. The van der Waals surface area contributed by atoms with Gasteiger partial charge in [0.15, 0.2) is 0 Å². The van der Waals surface area contributed by atoms with Crippen molar-refractivity contribution in [3.8, 4) is 0 Å². The summed E-state index contributed by atoms with van der Waals surface area (Å²) in [6, 6.07) is -0.0600. The van der Waals surface area contributed by atoms with E-state index in [0.29, 0.717) is 13.1 Å². The first-order valence-corrected chi connectivity index (χ1v) is 6.96. The second-order valence-corrected chi connectivity index (χ2v) is 5.25. The minimum Gasteiger partial charge on any atom is -0.377 e. The Labute approximate surface area is 115 Å². The second kappa shape index (κ2) is 6.65. The molecule has 19 heavy (non-hydrogen) atoms. The molecule has 0 aromatic heterocycles. The number of piperazine rings is 1. The van der Waals surface area contributed by atoms with Gasteiger partial charge in [-0.2, -0.15) is 0 Å². The molecule has 1 amide bonds. The number of nitrogens with one attached hydrogen (secondary N) is 1. The minimum absolute atomic E-state index is 0.0100. The number of carbonyl (C=O) groups excluding carboxylic acids is 1. The van der Waals surface area contributed by atoms with E-state index in [4.69, 9.17) is 9.47 Å². The van der Waals surface area contributed by atoms with Gasteiger partial charge in [-0.3, -0.25) is 9.69 Å². The molecule has 3 atom stereocenters. The highest BCUT2D eigenvalue weighted by atomic mass is 16.5. The summed E-state index contributed by atoms with van der Waals surface area (Å²) in [6.07, 6.45) is -0.0201. The molecule has 6 nitrogen and oxygen atoms in total. The van der Waals surface area contributed by atoms with Crippen molar-refractivity contribution in [2.75, 3.05) is 53.5 Å². The summed E-state index contributed by atoms with van der Waals surface area (Å²) in [7, 11) is 3.34. The monoisotopic (exact) mass is 271 g/mol. The van der Waals surface area contributed by atoms with Gasteiger partial charge in [0, 0.05) is 53.5 Å². The van der Waals surface area contributed by atoms with Gasteiger partial charge in [-0.05, 0) is 6.92 Å². The van der Waals surface area contributed by atoms with Crippen LogP contribution in [0.15, 0.2) is 0 Å². The zero-order chi connectivity index (χ0) is 13.8. The summed E-state index contributed by atoms with van der Waals surface area (Å²) in [5.41, 5.74) is 0. The van der Waals surface area contributed by atoms with Crippen LogP contribution in [0.3, 0.4) is 0 Å². The quantitative estimate of drug-likeness (QED) is 0.722. The molecule has 2 saturated heterocycles. The molecule has 0 bridgehead atoms. The Kier molecular flexibility index (Phi) is 5.15. The van der Waals surface area contributed by atoms with E-state index >= 15 is 0 Å². The number of nitrogens with zero attached hydrogens (tertiary/aromatic N) is 2. The van der Waals surface area contributed by atoms with E-state index in [1.165, 1.54) is 0 Å². The van der Waals surface area contributed by atoms with Gasteiger partial charge in [0.2, 0.25) is 5.91 Å². The van der Waals surface area contributed by atoms with Crippen LogP contribution in [-0.4, -0.2) is 87.4 Å². The Bertz CT molecular complexity index is 296. The van der Waals surface area contributed by atoms with Crippen molar-refractivity contribution >= 4 is 5.91 Å². The first-order valence-electron chi connectivity index (χ1n) is 6.96. The number of carbonyl (C=O) groups is 1. The van der Waals surface area contributed by atoms with Crippen LogP contribution >= 0.6 is 0 Å². The fourth-order valence-corrected chi connectivity index (χ4v) is 2.87. The fraction of sp³-hybridized carbons (Fsp3) is 0.923. The summed E-state index contributed by atoms with van der Waals surface area (Å²) in [4.78, 5) is 16.6. The molecule has 110 valence electrons. The van der Waals surface area contributed by atoms with E-state index < -0.39 is 0 Å². The highest BCUT2D eigenvalue weighted by molar-refractivity contribution is 5.82. The van der Waals surface area contributed by atoms with Crippen LogP contribution in [-0.2, 0) is 14.3 Å². The van der Waals surface area contributed by atoms with Crippen molar-refractivity contribution in [2.24, 2.45) is 0 Å². The number of hydrogen-bond acceptors (Lipinski definition) is 5. The average Bonchev–Trinajstić information content (AvgIpc) is 2.89. The molecule has 0 saturated carbocycles. The molecule has 0 aliphatic carbocycles. The number of methoxy groups -OCH3 is 2. The second-order valence-electron chi connectivity index (χ2n) is 5.25. The van der Waals surface area contributed by atoms with Crippen molar-refractivity contribution in [3.63, 3.8) is 0 Å². The molecule has 2 fully saturated rings. The summed E-state index contributed by atoms with van der Waals surface area (Å²) >= 11 is 0. The maximum atomic E-state index is 12.5. The predicted octanol–water partition coefficient (Wildman–Crippen LogP) is -0.848. The zero-order valence-electron chi connectivity index (χ0n) is 12.1. The number of hydrogen-bond donors (Lipinski definition) is 1. The molecular weight excluding hydrogens is 246 g/mol. The van der Waals surface area contributed by atoms with Gasteiger partial charge >= 0.3 is 0 Å². The van der Waals surface area contributed by atoms with Crippen molar-refractivity contribution in [1.82, 2.24) is 15.1 Å². The molecule has 3 unspecified atom stereocenters. The summed E-state index contributed by atoms with van der Waals surface area (Å²) < 4.78 is 10.8. The smallest absolute Gasteiger partial charge is 0.239 e. The Balaban J connectivity index is 1.92. The van der Waals surface area contributed by atoms with Gasteiger partial charge in [0.05, 0.1) is 6.04 Å². The van der Waals surface area contributed by atoms with Crippen molar-refractivity contribution < 1.29 is 14.3 Å². The first kappa shape index (κ1) is 14.7. The van der Waals surface area contributed by atoms with Crippen LogP contribution < -0.4 is 5.32 Å². The third kappa shape index (κ3) is 3.25. The van der Waals surface area contributed by atoms with Crippen molar-refractivity contribution in [1.29, 1.82) is 0 Å². The molecule has 0 radical (unpaired) electrons. The van der Waals surface area contributed by atoms with Crippen LogP contribution in [0.4, 0.5) is 0 Å². The Morgan fingerprint density at radius 2 is 1.68 bits per heavy atom. The van der Waals surface area contributed by atoms with Crippen LogP contribution in [0.1, 0.15) is 6.92 Å². The standard InChI is InChI=1S/C13H25N3O3/c1-10(15-6-4-14-5-7-15)13(17)16-8-11(18-2)12(9-16)19-3/h10-12,14H,4-9H2,1-3H3. The van der Waals surface area contributed by atoms with E-state index in [1.807, 2.05) is 11.8 Å². The highest BCUT2D eigenvalue weighted by Crippen LogP contribution is 2.18. The van der Waals surface area contributed by atoms with Crippen LogP contribution in [0, 0.1) is 0 Å². The van der Waals surface area contributed by atoms with Crippen LogP contribution in [0.2, 0.25) is 0 Å². The van der Waals surface area contributed by atoms with Gasteiger partial charge in [-0.1, -0.05) is 0 Å². The third-order valence-corrected chi connectivity index (χ3v) is 4.19. The number of ether oxygens (including phenoxy) is 2. The Morgan fingerprint density at radius 1 is 1.16 bits per heavy atom. The zero-order valence-corrected chi connectivity index (χ0v) is 12.1. The third-order valence-electron chi connectivity index (χ3n) is 4.19. The lowest BCUT2D eigenvalue weighted by Crippen LogP contribution is -2.53. The summed E-state index contributed by atoms with van der Waals surface area (Å²) in [5.74, 6) is 0.184. The SMILES string of the molecule is COC1CN(C(=O)C(C)N2CCNCC2)CC1OC. The fourth-order valence-electron chi connectivity index (χ4n) is 2.87. The summed E-state index contributed by atoms with van der Waals surface area (Å²) in [5, 5.41) is 3.30. The van der Waals surface area contributed by atoms with Gasteiger partial charge in [-0.15, -0.1) is 0 Å². The molecule has 0 aromatic carbocycles. The molecule has 0 spiro atoms. The van der Waals surface area contributed by atoms with E-state index in [9.17, 15) is 4.79 Å². The topological polar surface area (TPSA) is 54.0 Å². The largest absolute Gasteiger partial charge is 0.377 e. The maximum absolute atomic E-state index is 12.5. The molecule has 2 rings (SSSR count). The van der Waals surface area contributed by atoms with E-state index in [0.717, 1.165) is 26.2 Å². The van der Waals surface area contributed by atoms with E-state index in [2.05, 4.69) is 10.2 Å². The van der Waals surface area contributed by atoms with Gasteiger partial charge in [-0.25, -0.2) is 0 Å². The Morgan fingerprint density at radius 3 is 2.16 bits per heavy atom. The highest BCUT2D eigenvalue weighted by Gasteiger charge is 2.38. The minimum atomic E-state index is -0.0600. The van der Waals surface area contributed by atoms with E-state index in [-0.39, 0.29) is 24.2 Å². The molecule has 1 N–H and O–H groups in total. The summed E-state index contributed by atoms with van der Waals surface area (Å²) in [6.45, 7) is 7.03.